The first-order valence-corrected chi connectivity index (χ1v) is 8.19. The van der Waals surface area contributed by atoms with Crippen LogP contribution in [0.5, 0.6) is 0 Å². The molecule has 3 heterocycles. The van der Waals surface area contributed by atoms with Gasteiger partial charge in [0.1, 0.15) is 11.5 Å². The summed E-state index contributed by atoms with van der Waals surface area (Å²) in [5, 5.41) is 7.42. The number of carbonyl (C=O) groups excluding carboxylic acids is 1. The summed E-state index contributed by atoms with van der Waals surface area (Å²) in [5.74, 6) is 0.461. The summed E-state index contributed by atoms with van der Waals surface area (Å²) in [7, 11) is 0. The van der Waals surface area contributed by atoms with E-state index in [1.165, 1.54) is 0 Å². The van der Waals surface area contributed by atoms with Gasteiger partial charge in [-0.2, -0.15) is 0 Å². The van der Waals surface area contributed by atoms with Crippen LogP contribution >= 0.6 is 0 Å². The predicted octanol–water partition coefficient (Wildman–Crippen LogP) is 0.890. The lowest BCUT2D eigenvalue weighted by atomic mass is 9.77. The number of nitrogens with zero attached hydrogens (tertiary/aromatic N) is 4. The summed E-state index contributed by atoms with van der Waals surface area (Å²) in [4.78, 5) is 34.1. The molecule has 1 fully saturated rings. The molecule has 24 heavy (non-hydrogen) atoms. The van der Waals surface area contributed by atoms with Crippen molar-refractivity contribution in [3.8, 4) is 0 Å². The first-order chi connectivity index (χ1) is 11.5. The topological polar surface area (TPSA) is 105 Å². The van der Waals surface area contributed by atoms with Crippen molar-refractivity contribution in [3.63, 3.8) is 0 Å². The molecule has 126 valence electrons. The van der Waals surface area contributed by atoms with Gasteiger partial charge in [0, 0.05) is 24.1 Å². The highest BCUT2D eigenvalue weighted by molar-refractivity contribution is 5.93. The van der Waals surface area contributed by atoms with Crippen molar-refractivity contribution in [2.75, 3.05) is 13.1 Å². The number of aryl methyl sites for hydroxylation is 2. The van der Waals surface area contributed by atoms with Gasteiger partial charge in [0.2, 0.25) is 0 Å². The van der Waals surface area contributed by atoms with Crippen molar-refractivity contribution < 1.29 is 9.42 Å². The van der Waals surface area contributed by atoms with Crippen molar-refractivity contribution in [3.05, 3.63) is 38.8 Å². The Labute approximate surface area is 138 Å². The summed E-state index contributed by atoms with van der Waals surface area (Å²) in [6.45, 7) is 4.73. The first-order valence-electron chi connectivity index (χ1n) is 8.19. The molecule has 2 aliphatic rings. The molecule has 1 aliphatic carbocycles. The van der Waals surface area contributed by atoms with Crippen LogP contribution in [-0.2, 0) is 11.8 Å². The Morgan fingerprint density at radius 3 is 2.88 bits per heavy atom. The highest BCUT2D eigenvalue weighted by Gasteiger charge is 2.46. The first kappa shape index (κ1) is 15.0. The normalized spacial score (nSPS) is 22.8. The van der Waals surface area contributed by atoms with Gasteiger partial charge in [-0.25, -0.2) is 9.61 Å². The fourth-order valence-corrected chi connectivity index (χ4v) is 4.04. The standard InChI is InChI=1S/C16H19N5O3/c1-9-12(20-24-19-9)15(23)21-7-3-5-16(8-21)6-4-11-13(16)17-10(2)18-14(11)22/h3-8H2,1-2H3,(H,17,18,22). The van der Waals surface area contributed by atoms with E-state index in [2.05, 4.69) is 24.9 Å². The van der Waals surface area contributed by atoms with E-state index >= 15 is 0 Å². The number of fused-ring (bicyclic) bond motifs is 2. The minimum atomic E-state index is -0.229. The molecule has 1 saturated heterocycles. The highest BCUT2D eigenvalue weighted by atomic mass is 16.6. The smallest absolute Gasteiger partial charge is 0.278 e. The Bertz CT molecular complexity index is 871. The third kappa shape index (κ3) is 2.16. The molecule has 0 saturated carbocycles. The van der Waals surface area contributed by atoms with E-state index in [0.29, 0.717) is 31.0 Å². The average Bonchev–Trinajstić information content (AvgIpc) is 3.12. The van der Waals surface area contributed by atoms with Gasteiger partial charge in [-0.05, 0) is 44.7 Å². The second-order valence-corrected chi connectivity index (χ2v) is 6.79. The van der Waals surface area contributed by atoms with Gasteiger partial charge < -0.3 is 9.88 Å². The van der Waals surface area contributed by atoms with Crippen molar-refractivity contribution in [2.24, 2.45) is 0 Å². The second kappa shape index (κ2) is 5.25. The maximum absolute atomic E-state index is 12.7. The van der Waals surface area contributed by atoms with Crippen LogP contribution in [0, 0.1) is 13.8 Å². The fourth-order valence-electron chi connectivity index (χ4n) is 4.04. The molecule has 8 nitrogen and oxygen atoms in total. The molecule has 1 amide bonds. The number of amides is 1. The van der Waals surface area contributed by atoms with Gasteiger partial charge in [0.15, 0.2) is 5.69 Å². The molecule has 8 heteroatoms. The van der Waals surface area contributed by atoms with Crippen LogP contribution in [0.1, 0.15) is 52.5 Å². The molecule has 0 aromatic carbocycles. The second-order valence-electron chi connectivity index (χ2n) is 6.79. The highest BCUT2D eigenvalue weighted by Crippen LogP contribution is 2.43. The number of hydrogen-bond acceptors (Lipinski definition) is 6. The molecule has 0 bridgehead atoms. The molecule has 1 spiro atoms. The summed E-state index contributed by atoms with van der Waals surface area (Å²) in [5.41, 5.74) is 2.13. The number of H-pyrrole nitrogens is 1. The molecular weight excluding hydrogens is 310 g/mol. The maximum atomic E-state index is 12.7. The Kier molecular flexibility index (Phi) is 3.29. The zero-order valence-corrected chi connectivity index (χ0v) is 13.8. The van der Waals surface area contributed by atoms with Crippen molar-refractivity contribution >= 4 is 5.91 Å². The van der Waals surface area contributed by atoms with Gasteiger partial charge in [-0.15, -0.1) is 0 Å². The molecule has 1 aliphatic heterocycles. The number of piperidine rings is 1. The summed E-state index contributed by atoms with van der Waals surface area (Å²) >= 11 is 0. The van der Waals surface area contributed by atoms with Gasteiger partial charge in [0.25, 0.3) is 11.5 Å². The number of aromatic nitrogens is 4. The molecular formula is C16H19N5O3. The number of aromatic amines is 1. The molecule has 1 N–H and O–H groups in total. The van der Waals surface area contributed by atoms with E-state index in [1.54, 1.807) is 18.7 Å². The van der Waals surface area contributed by atoms with Crippen LogP contribution < -0.4 is 5.56 Å². The van der Waals surface area contributed by atoms with E-state index < -0.39 is 0 Å². The lowest BCUT2D eigenvalue weighted by Gasteiger charge is -2.40. The van der Waals surface area contributed by atoms with Crippen molar-refractivity contribution in [2.45, 2.75) is 44.9 Å². The Hall–Kier alpha value is -2.51. The van der Waals surface area contributed by atoms with E-state index in [4.69, 9.17) is 0 Å². The van der Waals surface area contributed by atoms with Crippen LogP contribution in [0.25, 0.3) is 0 Å². The number of rotatable bonds is 1. The number of nitrogens with one attached hydrogen (secondary N) is 1. The van der Waals surface area contributed by atoms with E-state index in [9.17, 15) is 9.59 Å². The molecule has 4 rings (SSSR count). The van der Waals surface area contributed by atoms with E-state index in [1.807, 2.05) is 0 Å². The largest absolute Gasteiger partial charge is 0.336 e. The minimum Gasteiger partial charge on any atom is -0.336 e. The summed E-state index contributed by atoms with van der Waals surface area (Å²) in [6.07, 6.45) is 3.38. The molecule has 0 radical (unpaired) electrons. The maximum Gasteiger partial charge on any atom is 0.278 e. The van der Waals surface area contributed by atoms with Gasteiger partial charge in [-0.3, -0.25) is 9.59 Å². The third-order valence-corrected chi connectivity index (χ3v) is 5.21. The number of likely N-dealkylation sites (tertiary alicyclic amines) is 1. The Morgan fingerprint density at radius 2 is 2.12 bits per heavy atom. The molecule has 2 aromatic rings. The quantitative estimate of drug-likeness (QED) is 0.833. The molecule has 1 unspecified atom stereocenters. The monoisotopic (exact) mass is 329 g/mol. The van der Waals surface area contributed by atoms with E-state index in [-0.39, 0.29) is 22.6 Å². The van der Waals surface area contributed by atoms with Gasteiger partial charge >= 0.3 is 0 Å². The number of carbonyl (C=O) groups is 1. The van der Waals surface area contributed by atoms with E-state index in [0.717, 1.165) is 30.5 Å². The lowest BCUT2D eigenvalue weighted by molar-refractivity contribution is 0.0622. The average molecular weight is 329 g/mol. The third-order valence-electron chi connectivity index (χ3n) is 5.21. The summed E-state index contributed by atoms with van der Waals surface area (Å²) in [6, 6.07) is 0. The summed E-state index contributed by atoms with van der Waals surface area (Å²) < 4.78 is 4.66. The predicted molar refractivity (Wildman–Crippen MR) is 83.8 cm³/mol. The zero-order valence-electron chi connectivity index (χ0n) is 13.8. The van der Waals surface area contributed by atoms with Gasteiger partial charge in [-0.1, -0.05) is 5.16 Å². The number of hydrogen-bond donors (Lipinski definition) is 1. The zero-order chi connectivity index (χ0) is 16.9. The van der Waals surface area contributed by atoms with Crippen LogP contribution in [0.2, 0.25) is 0 Å². The Balaban J connectivity index is 1.69. The van der Waals surface area contributed by atoms with Crippen LogP contribution in [0.15, 0.2) is 9.42 Å². The molecule has 2 aromatic heterocycles. The Morgan fingerprint density at radius 1 is 1.29 bits per heavy atom. The SMILES string of the molecule is Cc1nc2c(c(=O)[nH]1)CCC21CCCN(C(=O)c2nonc2C)C1. The van der Waals surface area contributed by atoms with Crippen LogP contribution in [0.4, 0.5) is 0 Å². The fraction of sp³-hybridized carbons (Fsp3) is 0.562. The van der Waals surface area contributed by atoms with Crippen LogP contribution in [-0.4, -0.2) is 44.2 Å². The van der Waals surface area contributed by atoms with Crippen LogP contribution in [0.3, 0.4) is 0 Å². The van der Waals surface area contributed by atoms with Gasteiger partial charge in [0.05, 0.1) is 5.69 Å². The lowest BCUT2D eigenvalue weighted by Crippen LogP contribution is -2.48. The minimum absolute atomic E-state index is 0.0469. The van der Waals surface area contributed by atoms with Crippen molar-refractivity contribution in [1.29, 1.82) is 0 Å². The van der Waals surface area contributed by atoms with Crippen molar-refractivity contribution in [1.82, 2.24) is 25.2 Å². The molecule has 1 atom stereocenters.